The highest BCUT2D eigenvalue weighted by molar-refractivity contribution is 6.35. The Kier molecular flexibility index (Phi) is 5.14. The first-order chi connectivity index (χ1) is 13.1. The van der Waals surface area contributed by atoms with Crippen molar-refractivity contribution >= 4 is 28.5 Å². The van der Waals surface area contributed by atoms with E-state index in [0.717, 1.165) is 49.1 Å². The summed E-state index contributed by atoms with van der Waals surface area (Å²) < 4.78 is 5.77. The molecule has 5 nitrogen and oxygen atoms in total. The number of aromatic nitrogens is 1. The van der Waals surface area contributed by atoms with Crippen LogP contribution in [0.1, 0.15) is 34.7 Å². The van der Waals surface area contributed by atoms with Gasteiger partial charge in [-0.3, -0.25) is 14.7 Å². The lowest BCUT2D eigenvalue weighted by Gasteiger charge is -2.31. The normalized spacial score (nSPS) is 15.9. The van der Waals surface area contributed by atoms with E-state index in [2.05, 4.69) is 15.2 Å². The van der Waals surface area contributed by atoms with Crippen molar-refractivity contribution in [3.8, 4) is 0 Å². The van der Waals surface area contributed by atoms with Crippen LogP contribution in [-0.2, 0) is 6.54 Å². The number of rotatable bonds is 4. The molecule has 3 aromatic rings. The number of nitrogens with zero attached hydrogens (tertiary/aromatic N) is 2. The van der Waals surface area contributed by atoms with Crippen LogP contribution >= 0.6 is 11.6 Å². The van der Waals surface area contributed by atoms with Gasteiger partial charge in [-0.1, -0.05) is 29.8 Å². The first kappa shape index (κ1) is 18.0. The molecule has 0 unspecified atom stereocenters. The fraction of sp³-hybridized carbons (Fsp3) is 0.333. The molecular weight excluding hydrogens is 362 g/mol. The number of nitrogens with one attached hydrogen (secondary N) is 1. The Labute approximate surface area is 163 Å². The molecule has 27 heavy (non-hydrogen) atoms. The summed E-state index contributed by atoms with van der Waals surface area (Å²) in [5.41, 5.74) is 2.49. The highest BCUT2D eigenvalue weighted by atomic mass is 35.5. The van der Waals surface area contributed by atoms with Gasteiger partial charge >= 0.3 is 0 Å². The number of para-hydroxylation sites is 1. The number of piperidine rings is 1. The summed E-state index contributed by atoms with van der Waals surface area (Å²) in [6, 6.07) is 11.7. The van der Waals surface area contributed by atoms with Crippen LogP contribution < -0.4 is 5.32 Å². The van der Waals surface area contributed by atoms with Gasteiger partial charge in [0.25, 0.3) is 5.91 Å². The van der Waals surface area contributed by atoms with Crippen molar-refractivity contribution in [3.05, 3.63) is 64.6 Å². The number of carbonyl (C=O) groups is 1. The third-order valence-electron chi connectivity index (χ3n) is 5.16. The van der Waals surface area contributed by atoms with Gasteiger partial charge in [0.2, 0.25) is 0 Å². The van der Waals surface area contributed by atoms with Crippen LogP contribution in [0, 0.1) is 6.92 Å². The monoisotopic (exact) mass is 383 g/mol. The van der Waals surface area contributed by atoms with Gasteiger partial charge in [0.15, 0.2) is 11.3 Å². The zero-order valence-electron chi connectivity index (χ0n) is 15.2. The van der Waals surface area contributed by atoms with Crippen molar-refractivity contribution in [1.82, 2.24) is 15.2 Å². The van der Waals surface area contributed by atoms with Crippen molar-refractivity contribution in [2.75, 3.05) is 13.1 Å². The summed E-state index contributed by atoms with van der Waals surface area (Å²) in [5.74, 6) is 0.192. The molecule has 0 atom stereocenters. The minimum absolute atomic E-state index is 0.153. The summed E-state index contributed by atoms with van der Waals surface area (Å²) in [5, 5.41) is 4.54. The SMILES string of the molecule is Cc1c(C(=O)NC2CCN(Cc3ccccn3)CC2)oc2c(Cl)cccc12. The first-order valence-corrected chi connectivity index (χ1v) is 9.60. The zero-order chi connectivity index (χ0) is 18.8. The van der Waals surface area contributed by atoms with E-state index in [1.165, 1.54) is 0 Å². The quantitative estimate of drug-likeness (QED) is 0.734. The topological polar surface area (TPSA) is 58.4 Å². The molecule has 1 fully saturated rings. The second kappa shape index (κ2) is 7.71. The molecule has 4 rings (SSSR count). The number of hydrogen-bond donors (Lipinski definition) is 1. The molecule has 0 spiro atoms. The Morgan fingerprint density at radius 2 is 2.07 bits per heavy atom. The number of fused-ring (bicyclic) bond motifs is 1. The molecule has 1 N–H and O–H groups in total. The predicted octanol–water partition coefficient (Wildman–Crippen LogP) is 4.18. The van der Waals surface area contributed by atoms with Crippen molar-refractivity contribution in [1.29, 1.82) is 0 Å². The van der Waals surface area contributed by atoms with Crippen molar-refractivity contribution < 1.29 is 9.21 Å². The fourth-order valence-corrected chi connectivity index (χ4v) is 3.85. The second-order valence-corrected chi connectivity index (χ2v) is 7.42. The van der Waals surface area contributed by atoms with Gasteiger partial charge in [0.05, 0.1) is 10.7 Å². The number of aryl methyl sites for hydroxylation is 1. The van der Waals surface area contributed by atoms with Crippen LogP contribution in [0.15, 0.2) is 47.0 Å². The maximum Gasteiger partial charge on any atom is 0.287 e. The lowest BCUT2D eigenvalue weighted by molar-refractivity contribution is 0.0882. The number of hydrogen-bond acceptors (Lipinski definition) is 4. The van der Waals surface area contributed by atoms with Gasteiger partial charge < -0.3 is 9.73 Å². The maximum absolute atomic E-state index is 12.7. The molecule has 1 saturated heterocycles. The first-order valence-electron chi connectivity index (χ1n) is 9.22. The Morgan fingerprint density at radius 1 is 1.26 bits per heavy atom. The predicted molar refractivity (Wildman–Crippen MR) is 106 cm³/mol. The van der Waals surface area contributed by atoms with Crippen LogP contribution in [0.5, 0.6) is 0 Å². The van der Waals surface area contributed by atoms with Crippen LogP contribution in [0.2, 0.25) is 5.02 Å². The minimum atomic E-state index is -0.164. The molecule has 6 heteroatoms. The van der Waals surface area contributed by atoms with Gasteiger partial charge in [-0.05, 0) is 38.0 Å². The Balaban J connectivity index is 1.37. The second-order valence-electron chi connectivity index (χ2n) is 7.02. The van der Waals surface area contributed by atoms with Gasteiger partial charge in [0.1, 0.15) is 0 Å². The molecule has 2 aromatic heterocycles. The van der Waals surface area contributed by atoms with E-state index in [1.54, 1.807) is 6.07 Å². The third-order valence-corrected chi connectivity index (χ3v) is 5.45. The number of amides is 1. The Hall–Kier alpha value is -2.37. The number of pyridine rings is 1. The summed E-state index contributed by atoms with van der Waals surface area (Å²) in [7, 11) is 0. The Bertz CT molecular complexity index is 947. The van der Waals surface area contributed by atoms with Crippen molar-refractivity contribution in [2.24, 2.45) is 0 Å². The smallest absolute Gasteiger partial charge is 0.287 e. The average Bonchev–Trinajstić information content (AvgIpc) is 3.03. The molecule has 0 aliphatic carbocycles. The molecule has 0 bridgehead atoms. The standard InChI is InChI=1S/C21H22ClN3O2/c1-14-17-6-4-7-18(22)20(17)27-19(14)21(26)24-15-8-11-25(12-9-15)13-16-5-2-3-10-23-16/h2-7,10,15H,8-9,11-13H2,1H3,(H,24,26). The summed E-state index contributed by atoms with van der Waals surface area (Å²) in [6.07, 6.45) is 3.65. The molecule has 140 valence electrons. The minimum Gasteiger partial charge on any atom is -0.449 e. The molecule has 0 radical (unpaired) electrons. The van der Waals surface area contributed by atoms with Crippen molar-refractivity contribution in [2.45, 2.75) is 32.4 Å². The summed E-state index contributed by atoms with van der Waals surface area (Å²) in [4.78, 5) is 19.5. The van der Waals surface area contributed by atoms with Crippen LogP contribution in [0.4, 0.5) is 0 Å². The van der Waals surface area contributed by atoms with Crippen molar-refractivity contribution in [3.63, 3.8) is 0 Å². The van der Waals surface area contributed by atoms with Crippen LogP contribution in [0.25, 0.3) is 11.0 Å². The lowest BCUT2D eigenvalue weighted by atomic mass is 10.0. The molecular formula is C21H22ClN3O2. The molecule has 1 amide bonds. The lowest BCUT2D eigenvalue weighted by Crippen LogP contribution is -2.44. The highest BCUT2D eigenvalue weighted by Crippen LogP contribution is 2.30. The van der Waals surface area contributed by atoms with E-state index in [-0.39, 0.29) is 11.9 Å². The number of halogens is 1. The van der Waals surface area contributed by atoms with E-state index in [1.807, 2.05) is 43.5 Å². The number of benzene rings is 1. The van der Waals surface area contributed by atoms with E-state index in [0.29, 0.717) is 16.4 Å². The van der Waals surface area contributed by atoms with Crippen LogP contribution in [0.3, 0.4) is 0 Å². The maximum atomic E-state index is 12.7. The van der Waals surface area contributed by atoms with Gasteiger partial charge in [-0.15, -0.1) is 0 Å². The van der Waals surface area contributed by atoms with E-state index < -0.39 is 0 Å². The van der Waals surface area contributed by atoms with Gasteiger partial charge in [0, 0.05) is 42.8 Å². The molecule has 3 heterocycles. The molecule has 1 aliphatic rings. The summed E-state index contributed by atoms with van der Waals surface area (Å²) >= 11 is 6.19. The third kappa shape index (κ3) is 3.84. The number of carbonyl (C=O) groups excluding carboxylic acids is 1. The molecule has 0 saturated carbocycles. The largest absolute Gasteiger partial charge is 0.449 e. The van der Waals surface area contributed by atoms with Crippen LogP contribution in [-0.4, -0.2) is 34.9 Å². The van der Waals surface area contributed by atoms with Gasteiger partial charge in [-0.2, -0.15) is 0 Å². The average molecular weight is 384 g/mol. The number of likely N-dealkylation sites (tertiary alicyclic amines) is 1. The van der Waals surface area contributed by atoms with E-state index in [9.17, 15) is 4.79 Å². The number of furan rings is 1. The highest BCUT2D eigenvalue weighted by Gasteiger charge is 2.24. The van der Waals surface area contributed by atoms with E-state index >= 15 is 0 Å². The molecule has 1 aromatic carbocycles. The molecule has 1 aliphatic heterocycles. The van der Waals surface area contributed by atoms with E-state index in [4.69, 9.17) is 16.0 Å². The Morgan fingerprint density at radius 3 is 2.78 bits per heavy atom. The van der Waals surface area contributed by atoms with Gasteiger partial charge in [-0.25, -0.2) is 0 Å². The fourth-order valence-electron chi connectivity index (χ4n) is 3.63. The zero-order valence-corrected chi connectivity index (χ0v) is 16.0. The summed E-state index contributed by atoms with van der Waals surface area (Å²) in [6.45, 7) is 4.62.